The van der Waals surface area contributed by atoms with Crippen LogP contribution in [-0.2, 0) is 9.59 Å². The fourth-order valence-electron chi connectivity index (χ4n) is 3.44. The Morgan fingerprint density at radius 1 is 1.29 bits per heavy atom. The fourth-order valence-corrected chi connectivity index (χ4v) is 4.32. The van der Waals surface area contributed by atoms with E-state index in [0.717, 1.165) is 21.5 Å². The van der Waals surface area contributed by atoms with Crippen LogP contribution < -0.4 is 15.0 Å². The van der Waals surface area contributed by atoms with E-state index in [2.05, 4.69) is 10.3 Å². The van der Waals surface area contributed by atoms with Gasteiger partial charge in [0.1, 0.15) is 11.3 Å². The van der Waals surface area contributed by atoms with Crippen molar-refractivity contribution in [1.29, 1.82) is 0 Å². The minimum Gasteiger partial charge on any atom is -0.492 e. The SMILES string of the molecule is CCOc1cccc2sc(NC(=O)[C@H]3CC(=O)N(c4ccccc4C)C3)nc12. The molecule has 1 atom stereocenters. The number of aromatic nitrogens is 1. The van der Waals surface area contributed by atoms with Crippen molar-refractivity contribution in [3.8, 4) is 5.75 Å². The monoisotopic (exact) mass is 395 g/mol. The maximum Gasteiger partial charge on any atom is 0.231 e. The number of rotatable bonds is 5. The van der Waals surface area contributed by atoms with Gasteiger partial charge in [-0.2, -0.15) is 0 Å². The zero-order chi connectivity index (χ0) is 19.7. The number of para-hydroxylation sites is 2. The highest BCUT2D eigenvalue weighted by molar-refractivity contribution is 7.22. The number of fused-ring (bicyclic) bond motifs is 1. The van der Waals surface area contributed by atoms with Gasteiger partial charge >= 0.3 is 0 Å². The Morgan fingerprint density at radius 3 is 2.89 bits per heavy atom. The molecule has 0 saturated carbocycles. The number of benzene rings is 2. The first-order valence-electron chi connectivity index (χ1n) is 9.26. The van der Waals surface area contributed by atoms with Crippen LogP contribution in [0.4, 0.5) is 10.8 Å². The van der Waals surface area contributed by atoms with Crippen molar-refractivity contribution in [3.63, 3.8) is 0 Å². The Hall–Kier alpha value is -2.93. The molecule has 3 aromatic rings. The zero-order valence-corrected chi connectivity index (χ0v) is 16.6. The maximum absolute atomic E-state index is 12.8. The van der Waals surface area contributed by atoms with Gasteiger partial charge in [-0.05, 0) is 37.6 Å². The van der Waals surface area contributed by atoms with E-state index >= 15 is 0 Å². The molecule has 1 fully saturated rings. The second-order valence-corrected chi connectivity index (χ2v) is 7.77. The molecule has 1 N–H and O–H groups in total. The number of ether oxygens (including phenoxy) is 1. The minimum absolute atomic E-state index is 0.0302. The average molecular weight is 395 g/mol. The molecule has 28 heavy (non-hydrogen) atoms. The van der Waals surface area contributed by atoms with E-state index < -0.39 is 5.92 Å². The predicted octanol–water partition coefficient (Wildman–Crippen LogP) is 4.00. The second-order valence-electron chi connectivity index (χ2n) is 6.74. The summed E-state index contributed by atoms with van der Waals surface area (Å²) >= 11 is 1.40. The van der Waals surface area contributed by atoms with Gasteiger partial charge in [-0.25, -0.2) is 4.98 Å². The third-order valence-corrected chi connectivity index (χ3v) is 5.75. The van der Waals surface area contributed by atoms with Gasteiger partial charge in [-0.3, -0.25) is 9.59 Å². The lowest BCUT2D eigenvalue weighted by atomic mass is 10.1. The highest BCUT2D eigenvalue weighted by Crippen LogP contribution is 2.33. The molecule has 0 bridgehead atoms. The van der Waals surface area contributed by atoms with Crippen molar-refractivity contribution in [3.05, 3.63) is 48.0 Å². The number of hydrogen-bond donors (Lipinski definition) is 1. The number of thiazole rings is 1. The lowest BCUT2D eigenvalue weighted by Crippen LogP contribution is -2.28. The number of nitrogens with zero attached hydrogens (tertiary/aromatic N) is 2. The van der Waals surface area contributed by atoms with Crippen LogP contribution in [0.15, 0.2) is 42.5 Å². The van der Waals surface area contributed by atoms with Crippen LogP contribution in [0.5, 0.6) is 5.75 Å². The summed E-state index contributed by atoms with van der Waals surface area (Å²) in [6, 6.07) is 13.4. The molecule has 6 nitrogen and oxygen atoms in total. The lowest BCUT2D eigenvalue weighted by molar-refractivity contribution is -0.122. The van der Waals surface area contributed by atoms with Crippen LogP contribution in [0.1, 0.15) is 18.9 Å². The Balaban J connectivity index is 1.50. The molecular weight excluding hydrogens is 374 g/mol. The second kappa shape index (κ2) is 7.59. The molecule has 0 unspecified atom stereocenters. The Morgan fingerprint density at radius 2 is 2.11 bits per heavy atom. The topological polar surface area (TPSA) is 71.5 Å². The van der Waals surface area contributed by atoms with E-state index in [-0.39, 0.29) is 18.2 Å². The molecular formula is C21H21N3O3S. The Kier molecular flexibility index (Phi) is 5.00. The summed E-state index contributed by atoms with van der Waals surface area (Å²) in [5.74, 6) is 0.0998. The van der Waals surface area contributed by atoms with Crippen LogP contribution in [0, 0.1) is 12.8 Å². The first-order valence-corrected chi connectivity index (χ1v) is 10.1. The van der Waals surface area contributed by atoms with Crippen molar-refractivity contribution in [2.75, 3.05) is 23.4 Å². The number of hydrogen-bond acceptors (Lipinski definition) is 5. The largest absolute Gasteiger partial charge is 0.492 e. The summed E-state index contributed by atoms with van der Waals surface area (Å²) in [6.07, 6.45) is 0.204. The van der Waals surface area contributed by atoms with Gasteiger partial charge in [0.05, 0.1) is 17.2 Å². The predicted molar refractivity (Wildman–Crippen MR) is 111 cm³/mol. The van der Waals surface area contributed by atoms with E-state index in [1.54, 1.807) is 4.90 Å². The molecule has 0 spiro atoms. The molecule has 2 aromatic carbocycles. The van der Waals surface area contributed by atoms with Gasteiger partial charge in [-0.15, -0.1) is 0 Å². The summed E-state index contributed by atoms with van der Waals surface area (Å²) in [5, 5.41) is 3.41. The molecule has 1 aliphatic heterocycles. The average Bonchev–Trinajstić information content (AvgIpc) is 3.26. The zero-order valence-electron chi connectivity index (χ0n) is 15.8. The van der Waals surface area contributed by atoms with Crippen molar-refractivity contribution in [2.24, 2.45) is 5.92 Å². The molecule has 1 aliphatic rings. The van der Waals surface area contributed by atoms with Crippen LogP contribution in [-0.4, -0.2) is 29.9 Å². The Labute approximate surface area is 167 Å². The normalized spacial score (nSPS) is 16.6. The molecule has 2 amide bonds. The molecule has 7 heteroatoms. The van der Waals surface area contributed by atoms with Crippen LogP contribution in [0.3, 0.4) is 0 Å². The van der Waals surface area contributed by atoms with E-state index in [9.17, 15) is 9.59 Å². The van der Waals surface area contributed by atoms with E-state index in [0.29, 0.717) is 24.0 Å². The third kappa shape index (κ3) is 3.45. The van der Waals surface area contributed by atoms with Gasteiger partial charge in [-0.1, -0.05) is 35.6 Å². The van der Waals surface area contributed by atoms with E-state index in [4.69, 9.17) is 4.74 Å². The van der Waals surface area contributed by atoms with E-state index in [1.165, 1.54) is 11.3 Å². The highest BCUT2D eigenvalue weighted by atomic mass is 32.1. The molecule has 1 aromatic heterocycles. The van der Waals surface area contributed by atoms with Crippen LogP contribution in [0.2, 0.25) is 0 Å². The number of aryl methyl sites for hydroxylation is 1. The first kappa shape index (κ1) is 18.4. The first-order chi connectivity index (χ1) is 13.6. The van der Waals surface area contributed by atoms with Gasteiger partial charge in [0, 0.05) is 18.7 Å². The molecule has 2 heterocycles. The maximum atomic E-state index is 12.8. The van der Waals surface area contributed by atoms with Crippen molar-refractivity contribution in [1.82, 2.24) is 4.98 Å². The third-order valence-electron chi connectivity index (χ3n) is 4.81. The van der Waals surface area contributed by atoms with Crippen molar-refractivity contribution in [2.45, 2.75) is 20.3 Å². The number of anilines is 2. The lowest BCUT2D eigenvalue weighted by Gasteiger charge is -2.18. The summed E-state index contributed by atoms with van der Waals surface area (Å²) in [7, 11) is 0. The summed E-state index contributed by atoms with van der Waals surface area (Å²) in [5.41, 5.74) is 2.63. The van der Waals surface area contributed by atoms with E-state index in [1.807, 2.05) is 56.3 Å². The summed E-state index contributed by atoms with van der Waals surface area (Å²) in [6.45, 7) is 4.82. The molecule has 0 aliphatic carbocycles. The minimum atomic E-state index is -0.398. The smallest absolute Gasteiger partial charge is 0.231 e. The number of carbonyl (C=O) groups is 2. The number of carbonyl (C=O) groups excluding carboxylic acids is 2. The summed E-state index contributed by atoms with van der Waals surface area (Å²) in [4.78, 5) is 31.4. The van der Waals surface area contributed by atoms with Crippen molar-refractivity contribution >= 4 is 44.2 Å². The molecule has 4 rings (SSSR count). The molecule has 0 radical (unpaired) electrons. The Bertz CT molecular complexity index is 1050. The fraction of sp³-hybridized carbons (Fsp3) is 0.286. The number of nitrogens with one attached hydrogen (secondary N) is 1. The van der Waals surface area contributed by atoms with Gasteiger partial charge < -0.3 is 15.0 Å². The van der Waals surface area contributed by atoms with Gasteiger partial charge in [0.25, 0.3) is 0 Å². The standard InChI is InChI=1S/C21H21N3O3S/c1-3-27-16-9-6-10-17-19(16)22-21(28-17)23-20(26)14-11-18(25)24(12-14)15-8-5-4-7-13(15)2/h4-10,14H,3,11-12H2,1-2H3,(H,22,23,26)/t14-/m0/s1. The summed E-state index contributed by atoms with van der Waals surface area (Å²) < 4.78 is 6.56. The quantitative estimate of drug-likeness (QED) is 0.709. The van der Waals surface area contributed by atoms with Crippen LogP contribution >= 0.6 is 11.3 Å². The van der Waals surface area contributed by atoms with Crippen LogP contribution in [0.25, 0.3) is 10.2 Å². The van der Waals surface area contributed by atoms with Gasteiger partial charge in [0.2, 0.25) is 11.8 Å². The van der Waals surface area contributed by atoms with Crippen molar-refractivity contribution < 1.29 is 14.3 Å². The highest BCUT2D eigenvalue weighted by Gasteiger charge is 2.36. The number of amides is 2. The molecule has 144 valence electrons. The van der Waals surface area contributed by atoms with Gasteiger partial charge in [0.15, 0.2) is 5.13 Å². The molecule has 1 saturated heterocycles.